The van der Waals surface area contributed by atoms with Crippen molar-refractivity contribution in [3.63, 3.8) is 0 Å². The summed E-state index contributed by atoms with van der Waals surface area (Å²) in [7, 11) is 0. The smallest absolute Gasteiger partial charge is 0.303 e. The first-order valence-corrected chi connectivity index (χ1v) is 15.5. The Morgan fingerprint density at radius 3 is 2.35 bits per heavy atom. The first-order valence-electron chi connectivity index (χ1n) is 15.5. The average Bonchev–Trinajstić information content (AvgIpc) is 3.50. The third kappa shape index (κ3) is 7.02. The molecule has 1 amide bonds. The van der Waals surface area contributed by atoms with Crippen LogP contribution in [0, 0.1) is 5.92 Å². The van der Waals surface area contributed by atoms with E-state index < -0.39 is 12.3 Å². The lowest BCUT2D eigenvalue weighted by Gasteiger charge is -2.41. The number of aliphatic hydroxyl groups excluding tert-OH is 1. The molecule has 0 unspecified atom stereocenters. The Labute approximate surface area is 267 Å². The maximum absolute atomic E-state index is 12.1. The number of aliphatic carboxylic acids is 1. The molecule has 1 aromatic heterocycles. The van der Waals surface area contributed by atoms with Crippen LogP contribution in [0.2, 0.25) is 0 Å². The summed E-state index contributed by atoms with van der Waals surface area (Å²) < 4.78 is 15.5. The number of carbonyl (C=O) groups excluding carboxylic acids is 1. The van der Waals surface area contributed by atoms with E-state index in [0.717, 1.165) is 44.4 Å². The SMILES string of the molecule is C[C@H]1[C@@H](Cn2cnc3ccccc32)O[C@@H](c2ccc(-c3ccccc3CNC(=O)CCC(=O)O)cc2)O[C@H]1c1ccc(CO)cc1. The first kappa shape index (κ1) is 31.2. The highest BCUT2D eigenvalue weighted by molar-refractivity contribution is 5.81. The number of nitrogens with zero attached hydrogens (tertiary/aromatic N) is 2. The first-order chi connectivity index (χ1) is 22.4. The van der Waals surface area contributed by atoms with Crippen molar-refractivity contribution in [2.24, 2.45) is 5.92 Å². The summed E-state index contributed by atoms with van der Waals surface area (Å²) >= 11 is 0. The van der Waals surface area contributed by atoms with Crippen LogP contribution in [-0.2, 0) is 38.8 Å². The van der Waals surface area contributed by atoms with Crippen molar-refractivity contribution in [3.05, 3.63) is 126 Å². The number of carbonyl (C=O) groups is 2. The van der Waals surface area contributed by atoms with Gasteiger partial charge in [0.1, 0.15) is 0 Å². The Morgan fingerprint density at radius 2 is 1.59 bits per heavy atom. The molecule has 0 saturated carbocycles. The van der Waals surface area contributed by atoms with Crippen LogP contribution in [0.4, 0.5) is 0 Å². The normalized spacial score (nSPS) is 19.6. The Bertz CT molecular complexity index is 1800. The molecule has 236 valence electrons. The number of fused-ring (bicyclic) bond motifs is 1. The zero-order chi connectivity index (χ0) is 32.0. The molecule has 0 aliphatic carbocycles. The van der Waals surface area contributed by atoms with Crippen molar-refractivity contribution in [1.82, 2.24) is 14.9 Å². The molecular weight excluding hydrogens is 582 g/mol. The van der Waals surface area contributed by atoms with Gasteiger partial charge in [0, 0.05) is 24.4 Å². The van der Waals surface area contributed by atoms with Gasteiger partial charge in [0.25, 0.3) is 0 Å². The number of aromatic nitrogens is 2. The Kier molecular flexibility index (Phi) is 9.54. The molecule has 2 heterocycles. The number of rotatable bonds is 11. The van der Waals surface area contributed by atoms with Crippen LogP contribution >= 0.6 is 0 Å². The van der Waals surface area contributed by atoms with Crippen LogP contribution in [0.15, 0.2) is 103 Å². The van der Waals surface area contributed by atoms with Crippen molar-refractivity contribution >= 4 is 22.9 Å². The van der Waals surface area contributed by atoms with Crippen LogP contribution in [0.5, 0.6) is 0 Å². The number of hydrogen-bond acceptors (Lipinski definition) is 6. The summed E-state index contributed by atoms with van der Waals surface area (Å²) in [4.78, 5) is 27.5. The van der Waals surface area contributed by atoms with E-state index >= 15 is 0 Å². The number of carboxylic acid groups (broad SMARTS) is 1. The highest BCUT2D eigenvalue weighted by atomic mass is 16.7. The third-order valence-electron chi connectivity index (χ3n) is 8.58. The lowest BCUT2D eigenvalue weighted by atomic mass is 9.90. The third-order valence-corrected chi connectivity index (χ3v) is 8.58. The monoisotopic (exact) mass is 619 g/mol. The Morgan fingerprint density at radius 1 is 0.870 bits per heavy atom. The lowest BCUT2D eigenvalue weighted by Crippen LogP contribution is -2.39. The van der Waals surface area contributed by atoms with E-state index in [-0.39, 0.29) is 43.5 Å². The molecule has 1 saturated heterocycles. The average molecular weight is 620 g/mol. The van der Waals surface area contributed by atoms with Gasteiger partial charge in [-0.3, -0.25) is 9.59 Å². The second kappa shape index (κ2) is 14.1. The standard InChI is InChI=1S/C37H37N3O6/c1-24-33(21-40-23-39-31-8-4-5-9-32(31)40)45-37(46-36(24)27-12-10-25(22-41)11-13-27)28-16-14-26(15-17-28)30-7-3-2-6-29(30)20-38-34(42)18-19-35(43)44/h2-17,23-24,33,36-37,41H,18-22H2,1H3,(H,38,42)(H,43,44)/t24-,33+,36+,37+/m0/s1. The molecule has 1 aliphatic rings. The zero-order valence-electron chi connectivity index (χ0n) is 25.6. The van der Waals surface area contributed by atoms with E-state index in [9.17, 15) is 14.7 Å². The molecule has 9 heteroatoms. The van der Waals surface area contributed by atoms with Gasteiger partial charge in [-0.2, -0.15) is 0 Å². The molecule has 6 rings (SSSR count). The summed E-state index contributed by atoms with van der Waals surface area (Å²) in [5.41, 5.74) is 7.60. The number of hydrogen-bond donors (Lipinski definition) is 3. The van der Waals surface area contributed by atoms with Gasteiger partial charge in [-0.05, 0) is 39.9 Å². The van der Waals surface area contributed by atoms with E-state index in [4.69, 9.17) is 14.6 Å². The predicted molar refractivity (Wildman–Crippen MR) is 173 cm³/mol. The number of amides is 1. The fourth-order valence-corrected chi connectivity index (χ4v) is 5.96. The molecule has 0 bridgehead atoms. The molecule has 9 nitrogen and oxygen atoms in total. The van der Waals surface area contributed by atoms with Crippen LogP contribution in [-0.4, -0.2) is 37.7 Å². The van der Waals surface area contributed by atoms with Gasteiger partial charge in [0.15, 0.2) is 6.29 Å². The molecule has 1 aliphatic heterocycles. The molecule has 46 heavy (non-hydrogen) atoms. The molecule has 0 radical (unpaired) electrons. The Hall–Kier alpha value is -4.83. The van der Waals surface area contributed by atoms with E-state index in [0.29, 0.717) is 13.1 Å². The number of para-hydroxylation sites is 2. The van der Waals surface area contributed by atoms with Gasteiger partial charge in [0.2, 0.25) is 5.91 Å². The predicted octanol–water partition coefficient (Wildman–Crippen LogP) is 6.17. The number of carboxylic acids is 1. The number of ether oxygens (including phenoxy) is 2. The number of imidazole rings is 1. The minimum absolute atomic E-state index is 0.0179. The summed E-state index contributed by atoms with van der Waals surface area (Å²) in [5, 5.41) is 21.3. The van der Waals surface area contributed by atoms with Crippen molar-refractivity contribution in [2.75, 3.05) is 0 Å². The maximum Gasteiger partial charge on any atom is 0.303 e. The fourth-order valence-electron chi connectivity index (χ4n) is 5.96. The summed E-state index contributed by atoms with van der Waals surface area (Å²) in [6.45, 7) is 3.03. The zero-order valence-corrected chi connectivity index (χ0v) is 25.6. The van der Waals surface area contributed by atoms with Crippen molar-refractivity contribution in [3.8, 4) is 11.1 Å². The van der Waals surface area contributed by atoms with E-state index in [2.05, 4.69) is 27.9 Å². The topological polar surface area (TPSA) is 123 Å². The van der Waals surface area contributed by atoms with Crippen LogP contribution in [0.25, 0.3) is 22.2 Å². The lowest BCUT2D eigenvalue weighted by molar-refractivity contribution is -0.276. The number of nitrogens with one attached hydrogen (secondary N) is 1. The fraction of sp³-hybridized carbons (Fsp3) is 0.270. The number of benzene rings is 4. The van der Waals surface area contributed by atoms with Crippen LogP contribution < -0.4 is 5.32 Å². The molecule has 4 atom stereocenters. The molecule has 3 N–H and O–H groups in total. The van der Waals surface area contributed by atoms with Gasteiger partial charge >= 0.3 is 5.97 Å². The van der Waals surface area contributed by atoms with Gasteiger partial charge in [-0.25, -0.2) is 4.98 Å². The molecule has 5 aromatic rings. The van der Waals surface area contributed by atoms with E-state index in [1.807, 2.05) is 97.3 Å². The number of aliphatic hydroxyl groups is 1. The molecule has 0 spiro atoms. The molecule has 4 aromatic carbocycles. The summed E-state index contributed by atoms with van der Waals surface area (Å²) in [6, 6.07) is 31.8. The van der Waals surface area contributed by atoms with Gasteiger partial charge in [0.05, 0.1) is 49.1 Å². The van der Waals surface area contributed by atoms with Gasteiger partial charge in [-0.15, -0.1) is 0 Å². The van der Waals surface area contributed by atoms with E-state index in [1.165, 1.54) is 0 Å². The van der Waals surface area contributed by atoms with E-state index in [1.54, 1.807) is 0 Å². The second-order valence-corrected chi connectivity index (χ2v) is 11.7. The largest absolute Gasteiger partial charge is 0.481 e. The highest BCUT2D eigenvalue weighted by Crippen LogP contribution is 2.42. The summed E-state index contributed by atoms with van der Waals surface area (Å²) in [6.07, 6.45) is 0.568. The quantitative estimate of drug-likeness (QED) is 0.162. The van der Waals surface area contributed by atoms with Crippen molar-refractivity contribution in [2.45, 2.75) is 58.0 Å². The van der Waals surface area contributed by atoms with Gasteiger partial charge in [-0.1, -0.05) is 91.9 Å². The van der Waals surface area contributed by atoms with Crippen LogP contribution in [0.3, 0.4) is 0 Å². The Balaban J connectivity index is 1.24. The second-order valence-electron chi connectivity index (χ2n) is 11.7. The minimum atomic E-state index is -0.997. The highest BCUT2D eigenvalue weighted by Gasteiger charge is 2.38. The van der Waals surface area contributed by atoms with Gasteiger partial charge < -0.3 is 29.6 Å². The minimum Gasteiger partial charge on any atom is -0.481 e. The molecule has 1 fully saturated rings. The van der Waals surface area contributed by atoms with Crippen molar-refractivity contribution in [1.29, 1.82) is 0 Å². The molecular formula is C37H37N3O6. The van der Waals surface area contributed by atoms with Crippen molar-refractivity contribution < 1.29 is 29.3 Å². The maximum atomic E-state index is 12.1. The summed E-state index contributed by atoms with van der Waals surface area (Å²) in [5.74, 6) is -1.27. The van der Waals surface area contributed by atoms with Crippen LogP contribution in [0.1, 0.15) is 54.4 Å².